The van der Waals surface area contributed by atoms with E-state index < -0.39 is 28.3 Å². The highest BCUT2D eigenvalue weighted by molar-refractivity contribution is 7.86. The molecule has 0 aliphatic heterocycles. The van der Waals surface area contributed by atoms with Crippen molar-refractivity contribution in [3.05, 3.63) is 29.8 Å². The average Bonchev–Trinajstić information content (AvgIpc) is 2.47. The summed E-state index contributed by atoms with van der Waals surface area (Å²) in [5, 5.41) is 0. The van der Waals surface area contributed by atoms with Crippen LogP contribution in [0.25, 0.3) is 0 Å². The van der Waals surface area contributed by atoms with Gasteiger partial charge < -0.3 is 9.47 Å². The molecule has 2 unspecified atom stereocenters. The van der Waals surface area contributed by atoms with Gasteiger partial charge in [-0.2, -0.15) is 8.42 Å². The van der Waals surface area contributed by atoms with Crippen LogP contribution in [0.5, 0.6) is 0 Å². The Bertz CT molecular complexity index is 594. The maximum Gasteiger partial charge on any atom is 0.334 e. The van der Waals surface area contributed by atoms with Crippen LogP contribution in [-0.4, -0.2) is 39.8 Å². The lowest BCUT2D eigenvalue weighted by atomic mass is 10.2. The molecule has 0 bridgehead atoms. The fourth-order valence-electron chi connectivity index (χ4n) is 1.76. The second kappa shape index (κ2) is 9.00. The van der Waals surface area contributed by atoms with Crippen molar-refractivity contribution < 1.29 is 26.9 Å². The Kier molecular flexibility index (Phi) is 7.67. The lowest BCUT2D eigenvalue weighted by molar-refractivity contribution is -0.155. The number of hydrogen-bond donors (Lipinski definition) is 0. The molecule has 0 aromatic heterocycles. The molecule has 0 radical (unpaired) electrons. The van der Waals surface area contributed by atoms with E-state index in [1.807, 2.05) is 6.92 Å². The largest absolute Gasteiger partial charge is 0.464 e. The van der Waals surface area contributed by atoms with E-state index in [-0.39, 0.29) is 11.5 Å². The van der Waals surface area contributed by atoms with Crippen molar-refractivity contribution in [2.45, 2.75) is 51.2 Å². The summed E-state index contributed by atoms with van der Waals surface area (Å²) in [6, 6.07) is 6.45. The third-order valence-corrected chi connectivity index (χ3v) is 4.54. The minimum absolute atomic E-state index is 0.121. The number of carbonyl (C=O) groups excluding carboxylic acids is 1. The van der Waals surface area contributed by atoms with Crippen LogP contribution in [0.4, 0.5) is 0 Å². The highest BCUT2D eigenvalue weighted by atomic mass is 32.2. The van der Waals surface area contributed by atoms with E-state index >= 15 is 0 Å². The summed E-state index contributed by atoms with van der Waals surface area (Å²) < 4.78 is 39.5. The topological polar surface area (TPSA) is 78.9 Å². The number of ether oxygens (including phenoxy) is 2. The molecule has 7 heteroatoms. The Hall–Kier alpha value is -1.44. The van der Waals surface area contributed by atoms with Crippen LogP contribution in [0.2, 0.25) is 0 Å². The molecule has 1 rings (SSSR count). The lowest BCUT2D eigenvalue weighted by Gasteiger charge is -2.15. The van der Waals surface area contributed by atoms with E-state index in [4.69, 9.17) is 13.7 Å². The summed E-state index contributed by atoms with van der Waals surface area (Å²) in [4.78, 5) is 11.5. The molecule has 0 heterocycles. The summed E-state index contributed by atoms with van der Waals surface area (Å²) >= 11 is 0. The first-order chi connectivity index (χ1) is 10.8. The predicted molar refractivity (Wildman–Crippen MR) is 85.6 cm³/mol. The number of benzene rings is 1. The Morgan fingerprint density at radius 2 is 1.78 bits per heavy atom. The second-order valence-corrected chi connectivity index (χ2v) is 6.80. The van der Waals surface area contributed by atoms with Crippen LogP contribution in [0.1, 0.15) is 32.8 Å². The van der Waals surface area contributed by atoms with Gasteiger partial charge in [-0.15, -0.1) is 0 Å². The minimum Gasteiger partial charge on any atom is -0.464 e. The third kappa shape index (κ3) is 6.68. The van der Waals surface area contributed by atoms with E-state index in [2.05, 4.69) is 0 Å². The lowest BCUT2D eigenvalue weighted by Crippen LogP contribution is -2.25. The maximum absolute atomic E-state index is 12.1. The van der Waals surface area contributed by atoms with Crippen molar-refractivity contribution >= 4 is 16.1 Å². The van der Waals surface area contributed by atoms with E-state index in [1.165, 1.54) is 12.1 Å². The van der Waals surface area contributed by atoms with Crippen molar-refractivity contribution in [2.75, 3.05) is 13.2 Å². The van der Waals surface area contributed by atoms with Gasteiger partial charge in [-0.25, -0.2) is 4.79 Å². The van der Waals surface area contributed by atoms with Crippen LogP contribution < -0.4 is 0 Å². The average molecular weight is 344 g/mol. The zero-order valence-electron chi connectivity index (χ0n) is 13.9. The zero-order valence-corrected chi connectivity index (χ0v) is 14.8. The molecule has 1 aromatic rings. The van der Waals surface area contributed by atoms with Crippen molar-refractivity contribution in [3.8, 4) is 0 Å². The third-order valence-electron chi connectivity index (χ3n) is 3.11. The Morgan fingerprint density at radius 3 is 2.35 bits per heavy atom. The van der Waals surface area contributed by atoms with Crippen LogP contribution in [0.3, 0.4) is 0 Å². The fraction of sp³-hybridized carbons (Fsp3) is 0.562. The summed E-state index contributed by atoms with van der Waals surface area (Å²) in [5.41, 5.74) is 0.971. The molecule has 2 atom stereocenters. The number of rotatable bonds is 9. The highest BCUT2D eigenvalue weighted by Crippen LogP contribution is 2.16. The van der Waals surface area contributed by atoms with Crippen LogP contribution in [0, 0.1) is 6.92 Å². The molecule has 0 saturated carbocycles. The highest BCUT2D eigenvalue weighted by Gasteiger charge is 2.20. The van der Waals surface area contributed by atoms with Gasteiger partial charge in [0, 0.05) is 0 Å². The number of hydrogen-bond acceptors (Lipinski definition) is 6. The van der Waals surface area contributed by atoms with E-state index in [9.17, 15) is 13.2 Å². The van der Waals surface area contributed by atoms with Crippen molar-refractivity contribution in [1.82, 2.24) is 0 Å². The van der Waals surface area contributed by atoms with Gasteiger partial charge in [0.1, 0.15) is 0 Å². The van der Waals surface area contributed by atoms with Crippen LogP contribution in [0.15, 0.2) is 29.2 Å². The Labute approximate surface area is 137 Å². The van der Waals surface area contributed by atoms with Gasteiger partial charge in [0.15, 0.2) is 6.10 Å². The van der Waals surface area contributed by atoms with Gasteiger partial charge in [-0.05, 0) is 46.2 Å². The molecular weight excluding hydrogens is 320 g/mol. The monoisotopic (exact) mass is 344 g/mol. The molecule has 0 N–H and O–H groups in total. The summed E-state index contributed by atoms with van der Waals surface area (Å²) in [6.07, 6.45) is -0.902. The Morgan fingerprint density at radius 1 is 1.17 bits per heavy atom. The van der Waals surface area contributed by atoms with Gasteiger partial charge in [0.25, 0.3) is 10.1 Å². The van der Waals surface area contributed by atoms with E-state index in [0.717, 1.165) is 5.56 Å². The number of aryl methyl sites for hydroxylation is 1. The molecule has 0 amide bonds. The SMILES string of the molecule is CCOC(=O)C(C)OCCC(C)OS(=O)(=O)c1ccc(C)cc1. The quantitative estimate of drug-likeness (QED) is 0.506. The molecule has 1 aromatic carbocycles. The van der Waals surface area contributed by atoms with Gasteiger partial charge in [0.2, 0.25) is 0 Å². The van der Waals surface area contributed by atoms with E-state index in [0.29, 0.717) is 13.0 Å². The first kappa shape index (κ1) is 19.6. The zero-order chi connectivity index (χ0) is 17.5. The first-order valence-corrected chi connectivity index (χ1v) is 8.95. The predicted octanol–water partition coefficient (Wildman–Crippen LogP) is 2.45. The second-order valence-electron chi connectivity index (χ2n) is 5.23. The molecule has 0 aliphatic rings. The van der Waals surface area contributed by atoms with Crippen molar-refractivity contribution in [3.63, 3.8) is 0 Å². The summed E-state index contributed by atoms with van der Waals surface area (Å²) in [5.74, 6) is -0.437. The molecule has 0 fully saturated rings. The number of carbonyl (C=O) groups is 1. The van der Waals surface area contributed by atoms with E-state index in [1.54, 1.807) is 32.9 Å². The Balaban J connectivity index is 2.45. The summed E-state index contributed by atoms with van der Waals surface area (Å²) in [7, 11) is -3.80. The maximum atomic E-state index is 12.1. The molecule has 0 saturated heterocycles. The van der Waals surface area contributed by atoms with Gasteiger partial charge in [-0.3, -0.25) is 4.18 Å². The van der Waals surface area contributed by atoms with Gasteiger partial charge in [-0.1, -0.05) is 17.7 Å². The van der Waals surface area contributed by atoms with Gasteiger partial charge in [0.05, 0.1) is 24.2 Å². The van der Waals surface area contributed by atoms with Crippen molar-refractivity contribution in [2.24, 2.45) is 0 Å². The first-order valence-electron chi connectivity index (χ1n) is 7.54. The number of esters is 1. The molecule has 0 aliphatic carbocycles. The summed E-state index contributed by atoms with van der Waals surface area (Å²) in [6.45, 7) is 7.32. The molecule has 23 heavy (non-hydrogen) atoms. The molecule has 0 spiro atoms. The van der Waals surface area contributed by atoms with Crippen LogP contribution in [-0.2, 0) is 28.6 Å². The molecule has 130 valence electrons. The molecule has 6 nitrogen and oxygen atoms in total. The van der Waals surface area contributed by atoms with Crippen LogP contribution >= 0.6 is 0 Å². The smallest absolute Gasteiger partial charge is 0.334 e. The van der Waals surface area contributed by atoms with Crippen molar-refractivity contribution in [1.29, 1.82) is 0 Å². The normalized spacial score (nSPS) is 14.3. The standard InChI is InChI=1S/C16H24O6S/c1-5-20-16(17)14(4)21-11-10-13(3)22-23(18,19)15-8-6-12(2)7-9-15/h6-9,13-14H,5,10-11H2,1-4H3. The minimum atomic E-state index is -3.80. The fourth-order valence-corrected chi connectivity index (χ4v) is 2.87. The van der Waals surface area contributed by atoms with Gasteiger partial charge >= 0.3 is 5.97 Å². The molecular formula is C16H24O6S.